The van der Waals surface area contributed by atoms with Gasteiger partial charge in [-0.05, 0) is 32.5 Å². The second kappa shape index (κ2) is 8.93. The van der Waals surface area contributed by atoms with Crippen molar-refractivity contribution >= 4 is 25.1 Å². The van der Waals surface area contributed by atoms with Crippen molar-refractivity contribution < 1.29 is 13.6 Å². The Labute approximate surface area is 103 Å². The third-order valence-electron chi connectivity index (χ3n) is 1.65. The molecule has 0 radical (unpaired) electrons. The average molecular weight is 268 g/mol. The Hall–Kier alpha value is -0.160. The molecule has 16 heavy (non-hydrogen) atoms. The summed E-state index contributed by atoms with van der Waals surface area (Å²) in [5, 5.41) is 5.83. The van der Waals surface area contributed by atoms with Gasteiger partial charge in [-0.2, -0.15) is 0 Å². The fourth-order valence-electron chi connectivity index (χ4n) is 0.984. The van der Waals surface area contributed by atoms with E-state index in [1.807, 2.05) is 0 Å². The Kier molecular flexibility index (Phi) is 8.84. The van der Waals surface area contributed by atoms with E-state index in [-0.39, 0.29) is 0 Å². The first kappa shape index (κ1) is 15.8. The van der Waals surface area contributed by atoms with Crippen LogP contribution in [0.3, 0.4) is 0 Å². The first-order chi connectivity index (χ1) is 7.58. The zero-order valence-corrected chi connectivity index (χ0v) is 11.8. The van der Waals surface area contributed by atoms with Gasteiger partial charge < -0.3 is 5.32 Å². The summed E-state index contributed by atoms with van der Waals surface area (Å²) < 4.78 is 22.1. The molecule has 0 aromatic rings. The van der Waals surface area contributed by atoms with Crippen LogP contribution >= 0.6 is 20.0 Å². The molecule has 0 aromatic carbocycles. The molecule has 0 heterocycles. The summed E-state index contributed by atoms with van der Waals surface area (Å²) in [5.74, 6) is 0. The van der Waals surface area contributed by atoms with E-state index in [4.69, 9.17) is 21.3 Å². The summed E-state index contributed by atoms with van der Waals surface area (Å²) >= 11 is 4.99. The van der Waals surface area contributed by atoms with Crippen LogP contribution in [0.15, 0.2) is 0 Å². The highest BCUT2D eigenvalue weighted by atomic mass is 32.1. The number of hydrogen-bond donors (Lipinski definition) is 2. The van der Waals surface area contributed by atoms with Crippen molar-refractivity contribution in [3.8, 4) is 0 Å². The van der Waals surface area contributed by atoms with E-state index in [1.165, 1.54) is 0 Å². The fourth-order valence-corrected chi connectivity index (χ4v) is 2.63. The largest absolute Gasteiger partial charge is 0.434 e. The molecule has 0 bridgehead atoms. The molecule has 0 fully saturated rings. The molecule has 2 N–H and O–H groups in total. The van der Waals surface area contributed by atoms with Gasteiger partial charge in [0.1, 0.15) is 0 Å². The van der Waals surface area contributed by atoms with Crippen molar-refractivity contribution in [2.75, 3.05) is 19.8 Å². The molecule has 96 valence electrons. The van der Waals surface area contributed by atoms with Crippen LogP contribution in [-0.4, -0.2) is 24.9 Å². The van der Waals surface area contributed by atoms with Crippen LogP contribution in [0.25, 0.3) is 0 Å². The van der Waals surface area contributed by atoms with Gasteiger partial charge in [0.2, 0.25) is 0 Å². The predicted molar refractivity (Wildman–Crippen MR) is 69.5 cm³/mol. The van der Waals surface area contributed by atoms with Gasteiger partial charge in [0.05, 0.1) is 13.2 Å². The van der Waals surface area contributed by atoms with Gasteiger partial charge in [0.25, 0.3) is 0 Å². The number of unbranched alkanes of at least 4 members (excludes halogenated alkanes) is 1. The molecule has 0 aliphatic heterocycles. The first-order valence-electron chi connectivity index (χ1n) is 5.53. The van der Waals surface area contributed by atoms with Crippen LogP contribution < -0.4 is 10.4 Å². The summed E-state index contributed by atoms with van der Waals surface area (Å²) in [6, 6.07) is 0. The average Bonchev–Trinajstić information content (AvgIpc) is 2.18. The highest BCUT2D eigenvalue weighted by molar-refractivity contribution is 7.81. The van der Waals surface area contributed by atoms with Crippen molar-refractivity contribution in [3.05, 3.63) is 0 Å². The molecule has 0 amide bonds. The molecule has 0 aromatic heterocycles. The van der Waals surface area contributed by atoms with Crippen LogP contribution in [-0.2, 0) is 13.6 Å². The SMILES string of the molecule is CCCCNC(=S)NP(=O)(OCC)OCC. The standard InChI is InChI=1S/C9H21N2O3PS/c1-4-7-8-10-9(16)11-15(12,13-5-2)14-6-3/h4-8H2,1-3H3,(H2,10,11,12,16). The van der Waals surface area contributed by atoms with Gasteiger partial charge in [0, 0.05) is 6.54 Å². The minimum Gasteiger partial charge on any atom is -0.362 e. The molecule has 0 aliphatic carbocycles. The van der Waals surface area contributed by atoms with Gasteiger partial charge >= 0.3 is 7.75 Å². The lowest BCUT2D eigenvalue weighted by Crippen LogP contribution is -2.34. The lowest BCUT2D eigenvalue weighted by atomic mass is 10.3. The molecular formula is C9H21N2O3PS. The third kappa shape index (κ3) is 7.17. The minimum atomic E-state index is -3.28. The number of hydrogen-bond acceptors (Lipinski definition) is 4. The molecule has 0 spiro atoms. The molecule has 0 rings (SSSR count). The molecule has 5 nitrogen and oxygen atoms in total. The Balaban J connectivity index is 4.07. The van der Waals surface area contributed by atoms with Crippen molar-refractivity contribution in [1.29, 1.82) is 0 Å². The van der Waals surface area contributed by atoms with Crippen LogP contribution in [0.2, 0.25) is 0 Å². The van der Waals surface area contributed by atoms with Crippen molar-refractivity contribution in [1.82, 2.24) is 10.4 Å². The summed E-state index contributed by atoms with van der Waals surface area (Å²) in [7, 11) is -3.28. The Morgan fingerprint density at radius 3 is 2.25 bits per heavy atom. The molecule has 0 saturated heterocycles. The van der Waals surface area contributed by atoms with E-state index >= 15 is 0 Å². The van der Waals surface area contributed by atoms with Gasteiger partial charge in [-0.15, -0.1) is 0 Å². The third-order valence-corrected chi connectivity index (χ3v) is 3.74. The van der Waals surface area contributed by atoms with Gasteiger partial charge in [0.15, 0.2) is 5.11 Å². The predicted octanol–water partition coefficient (Wildman–Crippen LogP) is 2.43. The Bertz CT molecular complexity index is 241. The van der Waals surface area contributed by atoms with E-state index in [9.17, 15) is 4.57 Å². The number of rotatable bonds is 8. The normalized spacial score (nSPS) is 11.2. The summed E-state index contributed by atoms with van der Waals surface area (Å²) in [5.41, 5.74) is 0. The van der Waals surface area contributed by atoms with Gasteiger partial charge in [-0.25, -0.2) is 4.57 Å². The van der Waals surface area contributed by atoms with Gasteiger partial charge in [-0.3, -0.25) is 14.1 Å². The van der Waals surface area contributed by atoms with Crippen molar-refractivity contribution in [3.63, 3.8) is 0 Å². The van der Waals surface area contributed by atoms with Crippen molar-refractivity contribution in [2.45, 2.75) is 33.6 Å². The summed E-state index contributed by atoms with van der Waals surface area (Å²) in [6.07, 6.45) is 2.08. The molecule has 0 unspecified atom stereocenters. The maximum Gasteiger partial charge on any atom is 0.434 e. The zero-order valence-electron chi connectivity index (χ0n) is 10.1. The molecule has 7 heteroatoms. The fraction of sp³-hybridized carbons (Fsp3) is 0.889. The topological polar surface area (TPSA) is 59.6 Å². The quantitative estimate of drug-likeness (QED) is 0.400. The Morgan fingerprint density at radius 1 is 1.25 bits per heavy atom. The van der Waals surface area contributed by atoms with Crippen LogP contribution in [0, 0.1) is 0 Å². The second-order valence-electron chi connectivity index (χ2n) is 3.05. The van der Waals surface area contributed by atoms with E-state index < -0.39 is 7.75 Å². The van der Waals surface area contributed by atoms with E-state index in [1.54, 1.807) is 13.8 Å². The van der Waals surface area contributed by atoms with E-state index in [0.29, 0.717) is 18.3 Å². The molecule has 0 saturated carbocycles. The second-order valence-corrected chi connectivity index (χ2v) is 5.20. The molecule has 0 atom stereocenters. The molecular weight excluding hydrogens is 247 g/mol. The van der Waals surface area contributed by atoms with E-state index in [2.05, 4.69) is 17.3 Å². The Morgan fingerprint density at radius 2 is 1.81 bits per heavy atom. The highest BCUT2D eigenvalue weighted by Gasteiger charge is 2.24. The first-order valence-corrected chi connectivity index (χ1v) is 7.48. The summed E-state index contributed by atoms with van der Waals surface area (Å²) in [6.45, 7) is 6.95. The minimum absolute atomic E-state index is 0.304. The maximum atomic E-state index is 12.0. The van der Waals surface area contributed by atoms with Crippen LogP contribution in [0.4, 0.5) is 0 Å². The van der Waals surface area contributed by atoms with Crippen LogP contribution in [0.1, 0.15) is 33.6 Å². The van der Waals surface area contributed by atoms with Crippen LogP contribution in [0.5, 0.6) is 0 Å². The number of nitrogens with one attached hydrogen (secondary N) is 2. The smallest absolute Gasteiger partial charge is 0.362 e. The lowest BCUT2D eigenvalue weighted by molar-refractivity contribution is 0.216. The highest BCUT2D eigenvalue weighted by Crippen LogP contribution is 2.43. The lowest BCUT2D eigenvalue weighted by Gasteiger charge is -2.19. The van der Waals surface area contributed by atoms with Crippen molar-refractivity contribution in [2.24, 2.45) is 0 Å². The number of thiocarbonyl (C=S) groups is 1. The van der Waals surface area contributed by atoms with E-state index in [0.717, 1.165) is 19.4 Å². The monoisotopic (exact) mass is 268 g/mol. The van der Waals surface area contributed by atoms with Gasteiger partial charge in [-0.1, -0.05) is 13.3 Å². The molecule has 0 aliphatic rings. The summed E-state index contributed by atoms with van der Waals surface area (Å²) in [4.78, 5) is 0. The maximum absolute atomic E-state index is 12.0. The zero-order chi connectivity index (χ0) is 12.4.